The van der Waals surface area contributed by atoms with Crippen molar-refractivity contribution in [2.24, 2.45) is 0 Å². The van der Waals surface area contributed by atoms with Crippen LogP contribution in [0.4, 0.5) is 18.0 Å². The Balaban J connectivity index is 2.51. The third kappa shape index (κ3) is 6.82. The van der Waals surface area contributed by atoms with E-state index in [-0.39, 0.29) is 6.54 Å². The standard InChI is InChI=1S/C14H22F3N3O2/c1-10(7-14(15,16)17)20-9-18-8-11(20)5-6-19-12(21)22-13(2,3)4/h8-10H,5-7H2,1-4H3,(H,19,21). The Morgan fingerprint density at radius 3 is 2.59 bits per heavy atom. The smallest absolute Gasteiger partial charge is 0.407 e. The molecule has 1 N–H and O–H groups in total. The van der Waals surface area contributed by atoms with E-state index in [9.17, 15) is 18.0 Å². The van der Waals surface area contributed by atoms with Gasteiger partial charge in [0.05, 0.1) is 12.7 Å². The van der Waals surface area contributed by atoms with Gasteiger partial charge < -0.3 is 14.6 Å². The Bertz CT molecular complexity index is 492. The van der Waals surface area contributed by atoms with Gasteiger partial charge in [-0.15, -0.1) is 0 Å². The maximum absolute atomic E-state index is 12.4. The van der Waals surface area contributed by atoms with Gasteiger partial charge in [0.25, 0.3) is 0 Å². The SMILES string of the molecule is CC(CC(F)(F)F)n1cncc1CCNC(=O)OC(C)(C)C. The second-order valence-electron chi connectivity index (χ2n) is 6.14. The molecule has 0 saturated carbocycles. The number of hydrogen-bond donors (Lipinski definition) is 1. The number of rotatable bonds is 5. The van der Waals surface area contributed by atoms with Crippen LogP contribution in [0.2, 0.25) is 0 Å². The fourth-order valence-electron chi connectivity index (χ4n) is 1.96. The van der Waals surface area contributed by atoms with E-state index in [1.54, 1.807) is 20.8 Å². The zero-order valence-electron chi connectivity index (χ0n) is 13.2. The molecule has 5 nitrogen and oxygen atoms in total. The van der Waals surface area contributed by atoms with Crippen LogP contribution >= 0.6 is 0 Å². The van der Waals surface area contributed by atoms with Crippen molar-refractivity contribution in [1.82, 2.24) is 14.9 Å². The molecule has 0 aliphatic rings. The van der Waals surface area contributed by atoms with E-state index < -0.39 is 30.3 Å². The van der Waals surface area contributed by atoms with Gasteiger partial charge in [-0.05, 0) is 27.7 Å². The van der Waals surface area contributed by atoms with Crippen molar-refractivity contribution in [2.75, 3.05) is 6.54 Å². The van der Waals surface area contributed by atoms with E-state index in [4.69, 9.17) is 4.74 Å². The molecule has 0 aromatic carbocycles. The normalized spacial score (nSPS) is 13.8. The number of alkyl halides is 3. The number of nitrogens with one attached hydrogen (secondary N) is 1. The minimum absolute atomic E-state index is 0.263. The van der Waals surface area contributed by atoms with Crippen LogP contribution in [-0.4, -0.2) is 34.0 Å². The molecular weight excluding hydrogens is 299 g/mol. The largest absolute Gasteiger partial charge is 0.444 e. The lowest BCUT2D eigenvalue weighted by Crippen LogP contribution is -2.33. The Kier molecular flexibility index (Phi) is 5.85. The van der Waals surface area contributed by atoms with Gasteiger partial charge in [0.2, 0.25) is 0 Å². The minimum Gasteiger partial charge on any atom is -0.444 e. The van der Waals surface area contributed by atoms with Gasteiger partial charge in [0.15, 0.2) is 0 Å². The summed E-state index contributed by atoms with van der Waals surface area (Å²) in [4.78, 5) is 15.4. The van der Waals surface area contributed by atoms with Crippen molar-refractivity contribution in [2.45, 2.75) is 58.4 Å². The summed E-state index contributed by atoms with van der Waals surface area (Å²) in [6.45, 7) is 7.00. The van der Waals surface area contributed by atoms with Crippen LogP contribution in [0.25, 0.3) is 0 Å². The number of hydrogen-bond acceptors (Lipinski definition) is 3. The summed E-state index contributed by atoms with van der Waals surface area (Å²) in [6.07, 6.45) is -2.45. The van der Waals surface area contributed by atoms with Crippen molar-refractivity contribution in [3.05, 3.63) is 18.2 Å². The molecule has 0 spiro atoms. The van der Waals surface area contributed by atoms with Crippen LogP contribution in [0.5, 0.6) is 0 Å². The lowest BCUT2D eigenvalue weighted by Gasteiger charge is -2.20. The molecule has 1 heterocycles. The third-order valence-corrected chi connectivity index (χ3v) is 2.80. The van der Waals surface area contributed by atoms with Crippen LogP contribution in [-0.2, 0) is 11.2 Å². The fraction of sp³-hybridized carbons (Fsp3) is 0.714. The van der Waals surface area contributed by atoms with Crippen LogP contribution in [0.3, 0.4) is 0 Å². The molecule has 0 aliphatic carbocycles. The second kappa shape index (κ2) is 7.02. The molecule has 1 amide bonds. The van der Waals surface area contributed by atoms with Crippen LogP contribution in [0, 0.1) is 0 Å². The Morgan fingerprint density at radius 1 is 1.41 bits per heavy atom. The summed E-state index contributed by atoms with van der Waals surface area (Å²) in [7, 11) is 0. The third-order valence-electron chi connectivity index (χ3n) is 2.80. The fourth-order valence-corrected chi connectivity index (χ4v) is 1.96. The molecule has 0 radical (unpaired) electrons. The maximum Gasteiger partial charge on any atom is 0.407 e. The van der Waals surface area contributed by atoms with E-state index in [0.717, 1.165) is 0 Å². The van der Waals surface area contributed by atoms with Crippen molar-refractivity contribution in [3.63, 3.8) is 0 Å². The Labute approximate surface area is 127 Å². The number of alkyl carbamates (subject to hydrolysis) is 1. The summed E-state index contributed by atoms with van der Waals surface area (Å²) in [5.41, 5.74) is 0.0420. The Hall–Kier alpha value is -1.73. The predicted molar refractivity (Wildman–Crippen MR) is 75.6 cm³/mol. The van der Waals surface area contributed by atoms with E-state index in [0.29, 0.717) is 12.1 Å². The zero-order valence-corrected chi connectivity index (χ0v) is 13.2. The number of carbonyl (C=O) groups is 1. The summed E-state index contributed by atoms with van der Waals surface area (Å²) in [5.74, 6) is 0. The molecule has 1 aromatic rings. The molecule has 1 aromatic heterocycles. The molecule has 8 heteroatoms. The van der Waals surface area contributed by atoms with Gasteiger partial charge in [0.1, 0.15) is 5.60 Å². The first kappa shape index (κ1) is 18.3. The lowest BCUT2D eigenvalue weighted by molar-refractivity contribution is -0.141. The molecule has 1 rings (SSSR count). The number of ether oxygens (including phenoxy) is 1. The first-order valence-corrected chi connectivity index (χ1v) is 7.02. The highest BCUT2D eigenvalue weighted by atomic mass is 19.4. The molecule has 22 heavy (non-hydrogen) atoms. The van der Waals surface area contributed by atoms with E-state index >= 15 is 0 Å². The highest BCUT2D eigenvalue weighted by Crippen LogP contribution is 2.28. The lowest BCUT2D eigenvalue weighted by atomic mass is 10.2. The zero-order chi connectivity index (χ0) is 17.0. The number of aromatic nitrogens is 2. The van der Waals surface area contributed by atoms with Crippen molar-refractivity contribution >= 4 is 6.09 Å². The molecule has 1 atom stereocenters. The van der Waals surface area contributed by atoms with Gasteiger partial charge in [-0.3, -0.25) is 0 Å². The Morgan fingerprint density at radius 2 is 2.05 bits per heavy atom. The second-order valence-corrected chi connectivity index (χ2v) is 6.14. The van der Waals surface area contributed by atoms with Crippen molar-refractivity contribution in [1.29, 1.82) is 0 Å². The predicted octanol–water partition coefficient (Wildman–Crippen LogP) is 3.46. The molecule has 0 saturated heterocycles. The number of carbonyl (C=O) groups excluding carboxylic acids is 1. The van der Waals surface area contributed by atoms with Gasteiger partial charge in [0, 0.05) is 30.9 Å². The van der Waals surface area contributed by atoms with Crippen LogP contribution in [0.15, 0.2) is 12.5 Å². The average molecular weight is 321 g/mol. The van der Waals surface area contributed by atoms with Gasteiger partial charge in [-0.1, -0.05) is 0 Å². The molecule has 126 valence electrons. The molecule has 1 unspecified atom stereocenters. The monoisotopic (exact) mass is 321 g/mol. The number of nitrogens with zero attached hydrogens (tertiary/aromatic N) is 2. The van der Waals surface area contributed by atoms with Crippen molar-refractivity contribution in [3.8, 4) is 0 Å². The van der Waals surface area contributed by atoms with E-state index in [1.807, 2.05) is 0 Å². The molecule has 0 aliphatic heterocycles. The summed E-state index contributed by atoms with van der Waals surface area (Å²) < 4.78 is 43.9. The minimum atomic E-state index is -4.23. The van der Waals surface area contributed by atoms with Crippen LogP contribution < -0.4 is 5.32 Å². The van der Waals surface area contributed by atoms with Gasteiger partial charge in [-0.25, -0.2) is 9.78 Å². The van der Waals surface area contributed by atoms with E-state index in [2.05, 4.69) is 10.3 Å². The first-order chi connectivity index (χ1) is 9.98. The molecule has 0 fully saturated rings. The summed E-state index contributed by atoms with van der Waals surface area (Å²) in [6, 6.07) is -0.737. The van der Waals surface area contributed by atoms with Crippen molar-refractivity contribution < 1.29 is 22.7 Å². The van der Waals surface area contributed by atoms with Gasteiger partial charge >= 0.3 is 12.3 Å². The molecular formula is C14H22F3N3O2. The van der Waals surface area contributed by atoms with E-state index in [1.165, 1.54) is 24.0 Å². The highest BCUT2D eigenvalue weighted by Gasteiger charge is 2.31. The first-order valence-electron chi connectivity index (χ1n) is 7.02. The topological polar surface area (TPSA) is 56.2 Å². The van der Waals surface area contributed by atoms with Gasteiger partial charge in [-0.2, -0.15) is 13.2 Å². The molecule has 0 bridgehead atoms. The number of halogens is 3. The highest BCUT2D eigenvalue weighted by molar-refractivity contribution is 5.67. The quantitative estimate of drug-likeness (QED) is 0.903. The number of amides is 1. The maximum atomic E-state index is 12.4. The average Bonchev–Trinajstić information content (AvgIpc) is 2.72. The van der Waals surface area contributed by atoms with Crippen LogP contribution in [0.1, 0.15) is 45.9 Å². The number of imidazole rings is 1. The summed E-state index contributed by atoms with van der Waals surface area (Å²) >= 11 is 0. The summed E-state index contributed by atoms with van der Waals surface area (Å²) in [5, 5.41) is 2.57.